The number of halogens is 1. The van der Waals surface area contributed by atoms with Crippen LogP contribution >= 0.6 is 0 Å². The quantitative estimate of drug-likeness (QED) is 0.292. The monoisotopic (exact) mass is 239 g/mol. The number of hydrogen-bond donors (Lipinski definition) is 1. The van der Waals surface area contributed by atoms with Gasteiger partial charge in [-0.1, -0.05) is 0 Å². The number of hydrogen-bond acceptors (Lipinski definition) is 2. The van der Waals surface area contributed by atoms with E-state index in [1.165, 1.54) is 13.1 Å². The van der Waals surface area contributed by atoms with Crippen LogP contribution in [-0.4, -0.2) is 29.0 Å². The average molecular weight is 239 g/mol. The van der Waals surface area contributed by atoms with Crippen LogP contribution in [0.15, 0.2) is 0 Å². The molecule has 1 saturated heterocycles. The predicted molar refractivity (Wildman–Crippen MR) is 32.5 cm³/mol. The van der Waals surface area contributed by atoms with Crippen molar-refractivity contribution in [2.45, 2.75) is 3.92 Å². The predicted octanol–water partition coefficient (Wildman–Crippen LogP) is -3.49. The third kappa shape index (κ3) is 0.897. The van der Waals surface area contributed by atoms with E-state index in [1.807, 2.05) is 0 Å². The molecule has 0 radical (unpaired) electrons. The standard InChI is InChI=1S/C6H12IN2/c1-9-2-4-5(3-9)6(4)7-8/h4-6H,2-3,8H2,1H3/q-1/t4-,5?,6?/m1/s1. The molecule has 2 fully saturated rings. The van der Waals surface area contributed by atoms with E-state index in [-0.39, 0.29) is 21.5 Å². The first-order chi connectivity index (χ1) is 4.33. The van der Waals surface area contributed by atoms with E-state index in [9.17, 15) is 0 Å². The Morgan fingerprint density at radius 3 is 2.44 bits per heavy atom. The fourth-order valence-corrected chi connectivity index (χ4v) is 4.20. The molecule has 0 amide bonds. The van der Waals surface area contributed by atoms with E-state index in [1.54, 1.807) is 0 Å². The molecule has 0 spiro atoms. The summed E-state index contributed by atoms with van der Waals surface area (Å²) < 4.78 is 6.66. The fourth-order valence-electron chi connectivity index (χ4n) is 1.85. The summed E-state index contributed by atoms with van der Waals surface area (Å²) in [5, 5.41) is 0. The van der Waals surface area contributed by atoms with Crippen molar-refractivity contribution in [3.8, 4) is 0 Å². The molecule has 0 bridgehead atoms. The summed E-state index contributed by atoms with van der Waals surface area (Å²) in [6, 6.07) is 0. The minimum absolute atomic E-state index is 0.0772. The summed E-state index contributed by atoms with van der Waals surface area (Å²) in [5.74, 6) is 2.04. The van der Waals surface area contributed by atoms with Gasteiger partial charge in [0, 0.05) is 0 Å². The Balaban J connectivity index is 1.91. The van der Waals surface area contributed by atoms with Gasteiger partial charge >= 0.3 is 66.2 Å². The molecule has 0 aromatic heterocycles. The van der Waals surface area contributed by atoms with Gasteiger partial charge in [-0.05, 0) is 0 Å². The van der Waals surface area contributed by atoms with Crippen LogP contribution in [0.25, 0.3) is 0 Å². The van der Waals surface area contributed by atoms with Gasteiger partial charge in [-0.15, -0.1) is 0 Å². The molecule has 9 heavy (non-hydrogen) atoms. The van der Waals surface area contributed by atoms with Crippen molar-refractivity contribution >= 4 is 0 Å². The SMILES string of the molecule is CN1CC2C([I-]N)[C@@H]2C1. The Hall–Kier alpha value is 0.650. The third-order valence-electron chi connectivity index (χ3n) is 2.42. The van der Waals surface area contributed by atoms with Crippen LogP contribution < -0.4 is 25.4 Å². The average Bonchev–Trinajstić information content (AvgIpc) is 2.30. The Labute approximate surface area is 66.4 Å². The van der Waals surface area contributed by atoms with E-state index in [0.29, 0.717) is 0 Å². The molecular weight excluding hydrogens is 227 g/mol. The summed E-state index contributed by atoms with van der Waals surface area (Å²) in [4.78, 5) is 2.42. The van der Waals surface area contributed by atoms with Crippen LogP contribution in [0.3, 0.4) is 0 Å². The van der Waals surface area contributed by atoms with E-state index in [2.05, 4.69) is 11.9 Å². The first-order valence-electron chi connectivity index (χ1n) is 3.33. The van der Waals surface area contributed by atoms with Crippen molar-refractivity contribution in [3.05, 3.63) is 0 Å². The second-order valence-corrected chi connectivity index (χ2v) is 5.28. The number of nitrogens with zero attached hydrogens (tertiary/aromatic N) is 1. The maximum absolute atomic E-state index is 5.66. The second kappa shape index (κ2) is 2.07. The topological polar surface area (TPSA) is 29.3 Å². The number of nitrogens with two attached hydrogens (primary N) is 1. The first-order valence-corrected chi connectivity index (χ1v) is 5.82. The minimum atomic E-state index is 0.0772. The Bertz CT molecular complexity index is 116. The maximum atomic E-state index is 5.66. The molecule has 54 valence electrons. The molecule has 2 unspecified atom stereocenters. The molecule has 1 heterocycles. The van der Waals surface area contributed by atoms with Gasteiger partial charge in [-0.3, -0.25) is 0 Å². The van der Waals surface area contributed by atoms with Crippen LogP contribution in [0.1, 0.15) is 0 Å². The molecule has 0 aromatic carbocycles. The van der Waals surface area contributed by atoms with Crippen molar-refractivity contribution in [1.29, 1.82) is 0 Å². The molecule has 2 aliphatic rings. The number of piperidine rings is 1. The molecule has 3 heteroatoms. The Morgan fingerprint density at radius 2 is 2.00 bits per heavy atom. The summed E-state index contributed by atoms with van der Waals surface area (Å²) in [6.45, 7) is 2.65. The Kier molecular flexibility index (Phi) is 1.46. The molecule has 3 atom stereocenters. The van der Waals surface area contributed by atoms with E-state index in [0.717, 1.165) is 15.8 Å². The van der Waals surface area contributed by atoms with Crippen LogP contribution in [0.4, 0.5) is 0 Å². The van der Waals surface area contributed by atoms with Gasteiger partial charge in [0.1, 0.15) is 0 Å². The number of likely N-dealkylation sites (tertiary alicyclic amines) is 1. The molecular formula is C6H12IN2-. The summed E-state index contributed by atoms with van der Waals surface area (Å²) in [6.07, 6.45) is 0. The molecule has 2 N–H and O–H groups in total. The zero-order valence-corrected chi connectivity index (χ0v) is 7.71. The Morgan fingerprint density at radius 1 is 1.44 bits per heavy atom. The van der Waals surface area contributed by atoms with Crippen molar-refractivity contribution in [2.75, 3.05) is 20.1 Å². The van der Waals surface area contributed by atoms with Crippen molar-refractivity contribution in [2.24, 2.45) is 15.8 Å². The van der Waals surface area contributed by atoms with Gasteiger partial charge < -0.3 is 0 Å². The number of fused-ring (bicyclic) bond motifs is 1. The number of alkyl halides is 1. The molecule has 1 aliphatic heterocycles. The summed E-state index contributed by atoms with van der Waals surface area (Å²) in [7, 11) is 2.21. The molecule has 0 aromatic rings. The van der Waals surface area contributed by atoms with Gasteiger partial charge in [-0.2, -0.15) is 0 Å². The van der Waals surface area contributed by atoms with E-state index >= 15 is 0 Å². The zero-order valence-electron chi connectivity index (χ0n) is 5.55. The van der Waals surface area contributed by atoms with Crippen LogP contribution in [-0.2, 0) is 0 Å². The van der Waals surface area contributed by atoms with Crippen molar-refractivity contribution in [1.82, 2.24) is 4.90 Å². The normalized spacial score (nSPS) is 49.8. The summed E-state index contributed by atoms with van der Waals surface area (Å²) in [5.41, 5.74) is 0. The molecule has 2 nitrogen and oxygen atoms in total. The van der Waals surface area contributed by atoms with E-state index < -0.39 is 0 Å². The summed E-state index contributed by atoms with van der Waals surface area (Å²) >= 11 is 0.0772. The van der Waals surface area contributed by atoms with Crippen LogP contribution in [0, 0.1) is 11.8 Å². The fraction of sp³-hybridized carbons (Fsp3) is 1.00. The zero-order chi connectivity index (χ0) is 6.43. The van der Waals surface area contributed by atoms with Crippen molar-refractivity contribution < 1.29 is 21.5 Å². The van der Waals surface area contributed by atoms with Gasteiger partial charge in [0.25, 0.3) is 0 Å². The third-order valence-corrected chi connectivity index (χ3v) is 5.10. The van der Waals surface area contributed by atoms with Gasteiger partial charge in [0.15, 0.2) is 0 Å². The molecule has 2 rings (SSSR count). The molecule has 1 aliphatic carbocycles. The second-order valence-electron chi connectivity index (χ2n) is 3.12. The van der Waals surface area contributed by atoms with Crippen LogP contribution in [0.5, 0.6) is 0 Å². The van der Waals surface area contributed by atoms with Crippen LogP contribution in [0.2, 0.25) is 0 Å². The molecule has 1 saturated carbocycles. The number of rotatable bonds is 1. The van der Waals surface area contributed by atoms with Crippen molar-refractivity contribution in [3.63, 3.8) is 0 Å². The van der Waals surface area contributed by atoms with E-state index in [4.69, 9.17) is 3.95 Å². The first kappa shape index (κ1) is 6.37. The van der Waals surface area contributed by atoms with Gasteiger partial charge in [0.2, 0.25) is 0 Å². The van der Waals surface area contributed by atoms with Gasteiger partial charge in [0.05, 0.1) is 0 Å². The van der Waals surface area contributed by atoms with Gasteiger partial charge in [-0.25, -0.2) is 0 Å².